The zero-order valence-corrected chi connectivity index (χ0v) is 9.17. The molecular weight excluding hydrogens is 228 g/mol. The average Bonchev–Trinajstić information content (AvgIpc) is 2.73. The van der Waals surface area contributed by atoms with Crippen molar-refractivity contribution in [3.05, 3.63) is 35.4 Å². The van der Waals surface area contributed by atoms with E-state index in [0.717, 1.165) is 18.6 Å². The van der Waals surface area contributed by atoms with Gasteiger partial charge in [-0.2, -0.15) is 0 Å². The molecule has 0 aliphatic carbocycles. The molecule has 92 valence electrons. The van der Waals surface area contributed by atoms with Crippen LogP contribution >= 0.6 is 0 Å². The van der Waals surface area contributed by atoms with Crippen molar-refractivity contribution < 1.29 is 18.7 Å². The largest absolute Gasteiger partial charge is 0.480 e. The van der Waals surface area contributed by atoms with Gasteiger partial charge in [-0.1, -0.05) is 6.07 Å². The number of carbonyl (C=O) groups is 1. The van der Waals surface area contributed by atoms with Crippen LogP contribution in [0.2, 0.25) is 0 Å². The van der Waals surface area contributed by atoms with Crippen molar-refractivity contribution in [1.82, 2.24) is 5.32 Å². The normalized spacial score (nSPS) is 23.9. The monoisotopic (exact) mass is 241 g/mol. The zero-order valence-electron chi connectivity index (χ0n) is 9.17. The van der Waals surface area contributed by atoms with Crippen molar-refractivity contribution in [3.8, 4) is 0 Å². The Labute approximate surface area is 97.5 Å². The third kappa shape index (κ3) is 2.29. The van der Waals surface area contributed by atoms with Crippen LogP contribution < -0.4 is 5.32 Å². The van der Waals surface area contributed by atoms with Gasteiger partial charge in [-0.25, -0.2) is 8.78 Å². The number of nitrogens with one attached hydrogen (secondary N) is 1. The molecule has 2 rings (SSSR count). The standard InChI is InChI=1S/C12H13F2NO2/c13-9-3-2-8(6-10(9)14)7-12(11(16)17)4-1-5-15-12/h2-3,6,15H,1,4-5,7H2,(H,16,17). The SMILES string of the molecule is O=C(O)C1(Cc2ccc(F)c(F)c2)CCCN1. The van der Waals surface area contributed by atoms with Crippen molar-refractivity contribution >= 4 is 5.97 Å². The van der Waals surface area contributed by atoms with Gasteiger partial charge in [0.05, 0.1) is 0 Å². The quantitative estimate of drug-likeness (QED) is 0.847. The summed E-state index contributed by atoms with van der Waals surface area (Å²) in [6, 6.07) is 3.50. The molecule has 1 fully saturated rings. The lowest BCUT2D eigenvalue weighted by atomic mass is 9.89. The number of rotatable bonds is 3. The van der Waals surface area contributed by atoms with E-state index < -0.39 is 23.1 Å². The first-order valence-electron chi connectivity index (χ1n) is 5.46. The van der Waals surface area contributed by atoms with Crippen molar-refractivity contribution in [2.75, 3.05) is 6.54 Å². The average molecular weight is 241 g/mol. The van der Waals surface area contributed by atoms with Crippen LogP contribution in [0.1, 0.15) is 18.4 Å². The van der Waals surface area contributed by atoms with Crippen LogP contribution in [0.25, 0.3) is 0 Å². The minimum atomic E-state index is -1.04. The van der Waals surface area contributed by atoms with Gasteiger partial charge < -0.3 is 10.4 Å². The van der Waals surface area contributed by atoms with E-state index in [4.69, 9.17) is 0 Å². The predicted octanol–water partition coefficient (Wildman–Crippen LogP) is 1.71. The Morgan fingerprint density at radius 2 is 2.18 bits per heavy atom. The van der Waals surface area contributed by atoms with E-state index in [1.165, 1.54) is 6.07 Å². The molecule has 0 spiro atoms. The number of benzene rings is 1. The minimum Gasteiger partial charge on any atom is -0.480 e. The summed E-state index contributed by atoms with van der Waals surface area (Å²) >= 11 is 0. The second-order valence-corrected chi connectivity index (χ2v) is 4.34. The van der Waals surface area contributed by atoms with Crippen molar-refractivity contribution in [2.45, 2.75) is 24.8 Å². The summed E-state index contributed by atoms with van der Waals surface area (Å²) in [5.41, 5.74) is -0.551. The Hall–Kier alpha value is -1.49. The fourth-order valence-electron chi connectivity index (χ4n) is 2.21. The van der Waals surface area contributed by atoms with Crippen LogP contribution in [-0.4, -0.2) is 23.2 Å². The highest BCUT2D eigenvalue weighted by Gasteiger charge is 2.41. The van der Waals surface area contributed by atoms with E-state index in [-0.39, 0.29) is 6.42 Å². The van der Waals surface area contributed by atoms with Gasteiger partial charge in [-0.3, -0.25) is 4.79 Å². The number of halogens is 2. The summed E-state index contributed by atoms with van der Waals surface area (Å²) in [6.45, 7) is 0.635. The second kappa shape index (κ2) is 4.41. The number of aliphatic carboxylic acids is 1. The Kier molecular flexibility index (Phi) is 3.11. The molecule has 0 saturated carbocycles. The molecular formula is C12H13F2NO2. The molecule has 1 heterocycles. The van der Waals surface area contributed by atoms with E-state index >= 15 is 0 Å². The van der Waals surface area contributed by atoms with Gasteiger partial charge in [-0.05, 0) is 37.1 Å². The highest BCUT2D eigenvalue weighted by Crippen LogP contribution is 2.25. The molecule has 1 unspecified atom stereocenters. The smallest absolute Gasteiger partial charge is 0.324 e. The summed E-state index contributed by atoms with van der Waals surface area (Å²) in [5, 5.41) is 12.2. The highest BCUT2D eigenvalue weighted by molar-refractivity contribution is 5.79. The molecule has 0 bridgehead atoms. The van der Waals surface area contributed by atoms with Gasteiger partial charge in [0, 0.05) is 6.42 Å². The predicted molar refractivity (Wildman–Crippen MR) is 57.7 cm³/mol. The first kappa shape index (κ1) is 12.0. The first-order valence-corrected chi connectivity index (χ1v) is 5.46. The van der Waals surface area contributed by atoms with E-state index in [0.29, 0.717) is 18.5 Å². The van der Waals surface area contributed by atoms with Crippen molar-refractivity contribution in [2.24, 2.45) is 0 Å². The van der Waals surface area contributed by atoms with E-state index in [9.17, 15) is 18.7 Å². The van der Waals surface area contributed by atoms with Gasteiger partial charge in [0.15, 0.2) is 11.6 Å². The second-order valence-electron chi connectivity index (χ2n) is 4.34. The molecule has 1 aliphatic rings. The van der Waals surface area contributed by atoms with Gasteiger partial charge in [0.2, 0.25) is 0 Å². The van der Waals surface area contributed by atoms with E-state index in [1.54, 1.807) is 0 Å². The highest BCUT2D eigenvalue weighted by atomic mass is 19.2. The van der Waals surface area contributed by atoms with E-state index in [1.807, 2.05) is 0 Å². The van der Waals surface area contributed by atoms with Crippen LogP contribution in [0, 0.1) is 11.6 Å². The maximum atomic E-state index is 13.0. The maximum Gasteiger partial charge on any atom is 0.324 e. The first-order chi connectivity index (χ1) is 8.03. The molecule has 1 aromatic rings. The number of carboxylic acid groups (broad SMARTS) is 1. The molecule has 0 aromatic heterocycles. The van der Waals surface area contributed by atoms with Crippen molar-refractivity contribution in [1.29, 1.82) is 0 Å². The number of hydrogen-bond acceptors (Lipinski definition) is 2. The minimum absolute atomic E-state index is 0.166. The molecule has 1 atom stereocenters. The Balaban J connectivity index is 2.23. The van der Waals surface area contributed by atoms with Gasteiger partial charge >= 0.3 is 5.97 Å². The van der Waals surface area contributed by atoms with Crippen LogP contribution in [0.4, 0.5) is 8.78 Å². The van der Waals surface area contributed by atoms with Gasteiger partial charge in [-0.15, -0.1) is 0 Å². The third-order valence-corrected chi connectivity index (χ3v) is 3.14. The fraction of sp³-hybridized carbons (Fsp3) is 0.417. The van der Waals surface area contributed by atoms with E-state index in [2.05, 4.69) is 5.32 Å². The number of carboxylic acids is 1. The van der Waals surface area contributed by atoms with Gasteiger partial charge in [0.1, 0.15) is 5.54 Å². The molecule has 1 aliphatic heterocycles. The third-order valence-electron chi connectivity index (χ3n) is 3.14. The van der Waals surface area contributed by atoms with Crippen LogP contribution in [0.5, 0.6) is 0 Å². The number of hydrogen-bond donors (Lipinski definition) is 2. The maximum absolute atomic E-state index is 13.0. The lowest BCUT2D eigenvalue weighted by Crippen LogP contribution is -2.49. The molecule has 0 amide bonds. The molecule has 17 heavy (non-hydrogen) atoms. The molecule has 5 heteroatoms. The van der Waals surface area contributed by atoms with Crippen molar-refractivity contribution in [3.63, 3.8) is 0 Å². The fourth-order valence-corrected chi connectivity index (χ4v) is 2.21. The Bertz CT molecular complexity index is 442. The summed E-state index contributed by atoms with van der Waals surface area (Å²) in [4.78, 5) is 11.2. The van der Waals surface area contributed by atoms with Crippen LogP contribution in [0.3, 0.4) is 0 Å². The molecule has 3 nitrogen and oxygen atoms in total. The lowest BCUT2D eigenvalue weighted by Gasteiger charge is -2.24. The Morgan fingerprint density at radius 3 is 2.71 bits per heavy atom. The molecule has 1 saturated heterocycles. The van der Waals surface area contributed by atoms with Crippen LogP contribution in [-0.2, 0) is 11.2 Å². The Morgan fingerprint density at radius 1 is 1.41 bits per heavy atom. The molecule has 2 N–H and O–H groups in total. The zero-order chi connectivity index (χ0) is 12.5. The summed E-state index contributed by atoms with van der Waals surface area (Å²) in [5.74, 6) is -2.81. The molecule has 1 aromatic carbocycles. The van der Waals surface area contributed by atoms with Crippen LogP contribution in [0.15, 0.2) is 18.2 Å². The van der Waals surface area contributed by atoms with Gasteiger partial charge in [0.25, 0.3) is 0 Å². The summed E-state index contributed by atoms with van der Waals surface area (Å²) in [7, 11) is 0. The topological polar surface area (TPSA) is 49.3 Å². The lowest BCUT2D eigenvalue weighted by molar-refractivity contribution is -0.144. The summed E-state index contributed by atoms with van der Waals surface area (Å²) < 4.78 is 25.8. The molecule has 0 radical (unpaired) electrons. The summed E-state index contributed by atoms with van der Waals surface area (Å²) in [6.07, 6.45) is 1.44.